The second kappa shape index (κ2) is 7.39. The summed E-state index contributed by atoms with van der Waals surface area (Å²) >= 11 is 1.40. The summed E-state index contributed by atoms with van der Waals surface area (Å²) in [6.07, 6.45) is 0.782. The van der Waals surface area contributed by atoms with Crippen LogP contribution in [0.4, 0.5) is 0 Å². The summed E-state index contributed by atoms with van der Waals surface area (Å²) in [5.74, 6) is 0.0491. The van der Waals surface area contributed by atoms with Crippen LogP contribution in [0.15, 0.2) is 35.8 Å². The molecule has 1 amide bonds. The van der Waals surface area contributed by atoms with Crippen LogP contribution in [-0.4, -0.2) is 32.5 Å². The van der Waals surface area contributed by atoms with E-state index in [1.54, 1.807) is 5.51 Å². The predicted octanol–water partition coefficient (Wildman–Crippen LogP) is 3.09. The number of hydrogen-bond acceptors (Lipinski definition) is 5. The third kappa shape index (κ3) is 3.40. The minimum Gasteiger partial charge on any atom is -0.370 e. The third-order valence-corrected chi connectivity index (χ3v) is 5.51. The van der Waals surface area contributed by atoms with Crippen molar-refractivity contribution in [1.29, 1.82) is 0 Å². The number of rotatable bonds is 5. The smallest absolute Gasteiger partial charge is 0.266 e. The van der Waals surface area contributed by atoms with Gasteiger partial charge >= 0.3 is 0 Å². The van der Waals surface area contributed by atoms with Gasteiger partial charge in [0, 0.05) is 30.8 Å². The number of carbonyl (C=O) groups is 1. The molecule has 0 bridgehead atoms. The van der Waals surface area contributed by atoms with Crippen molar-refractivity contribution in [2.75, 3.05) is 6.54 Å². The topological polar surface area (TPSA) is 71.1 Å². The molecule has 0 saturated carbocycles. The van der Waals surface area contributed by atoms with Gasteiger partial charge in [0.1, 0.15) is 4.88 Å². The number of aryl methyl sites for hydroxylation is 1. The SMILES string of the molecule is Cc1ncsc1C(=O)N1CCc2[nH]nc(COCc3ccccc3)c2C1. The molecule has 0 saturated heterocycles. The van der Waals surface area contributed by atoms with E-state index in [4.69, 9.17) is 4.74 Å². The number of hydrogen-bond donors (Lipinski definition) is 1. The molecule has 2 aromatic heterocycles. The number of thiazole rings is 1. The number of carbonyl (C=O) groups excluding carboxylic acids is 1. The van der Waals surface area contributed by atoms with Gasteiger partial charge in [-0.2, -0.15) is 5.10 Å². The van der Waals surface area contributed by atoms with Gasteiger partial charge < -0.3 is 9.64 Å². The highest BCUT2D eigenvalue weighted by molar-refractivity contribution is 7.11. The van der Waals surface area contributed by atoms with Crippen LogP contribution in [0.3, 0.4) is 0 Å². The minimum atomic E-state index is 0.0491. The zero-order valence-electron chi connectivity index (χ0n) is 14.6. The fourth-order valence-corrected chi connectivity index (χ4v) is 3.91. The van der Waals surface area contributed by atoms with Gasteiger partial charge in [0.05, 0.1) is 30.1 Å². The number of aromatic nitrogens is 3. The fourth-order valence-electron chi connectivity index (χ4n) is 3.14. The van der Waals surface area contributed by atoms with Crippen molar-refractivity contribution < 1.29 is 9.53 Å². The maximum atomic E-state index is 12.8. The molecule has 26 heavy (non-hydrogen) atoms. The minimum absolute atomic E-state index is 0.0491. The number of nitrogens with zero attached hydrogens (tertiary/aromatic N) is 3. The van der Waals surface area contributed by atoms with E-state index in [2.05, 4.69) is 15.2 Å². The number of amides is 1. The van der Waals surface area contributed by atoms with E-state index in [0.29, 0.717) is 26.3 Å². The molecule has 0 fully saturated rings. The zero-order valence-corrected chi connectivity index (χ0v) is 15.4. The summed E-state index contributed by atoms with van der Waals surface area (Å²) in [4.78, 5) is 19.5. The van der Waals surface area contributed by atoms with Crippen LogP contribution in [0.2, 0.25) is 0 Å². The number of aromatic amines is 1. The molecule has 0 spiro atoms. The van der Waals surface area contributed by atoms with Crippen molar-refractivity contribution in [1.82, 2.24) is 20.1 Å². The molecule has 3 heterocycles. The van der Waals surface area contributed by atoms with Gasteiger partial charge in [-0.05, 0) is 12.5 Å². The van der Waals surface area contributed by atoms with Gasteiger partial charge in [-0.3, -0.25) is 9.89 Å². The maximum Gasteiger partial charge on any atom is 0.266 e. The molecule has 4 rings (SSSR count). The molecule has 1 aliphatic heterocycles. The van der Waals surface area contributed by atoms with Crippen molar-refractivity contribution >= 4 is 17.2 Å². The lowest BCUT2D eigenvalue weighted by Gasteiger charge is -2.27. The molecule has 6 nitrogen and oxygen atoms in total. The Balaban J connectivity index is 1.43. The zero-order chi connectivity index (χ0) is 17.9. The van der Waals surface area contributed by atoms with E-state index < -0.39 is 0 Å². The first-order chi connectivity index (χ1) is 12.7. The first kappa shape index (κ1) is 16.9. The summed E-state index contributed by atoms with van der Waals surface area (Å²) in [5.41, 5.74) is 6.72. The number of benzene rings is 1. The van der Waals surface area contributed by atoms with Gasteiger partial charge in [-0.25, -0.2) is 4.98 Å². The molecule has 0 unspecified atom stereocenters. The lowest BCUT2D eigenvalue weighted by Crippen LogP contribution is -2.36. The second-order valence-corrected chi connectivity index (χ2v) is 7.20. The first-order valence-corrected chi connectivity index (χ1v) is 9.46. The van der Waals surface area contributed by atoms with Crippen LogP contribution in [0.1, 0.15) is 37.9 Å². The summed E-state index contributed by atoms with van der Waals surface area (Å²) in [5, 5.41) is 7.51. The Hall–Kier alpha value is -2.51. The highest BCUT2D eigenvalue weighted by atomic mass is 32.1. The van der Waals surface area contributed by atoms with E-state index in [1.807, 2.05) is 42.2 Å². The fraction of sp³-hybridized carbons (Fsp3) is 0.316. The lowest BCUT2D eigenvalue weighted by molar-refractivity contribution is 0.0732. The molecule has 0 atom stereocenters. The monoisotopic (exact) mass is 368 g/mol. The highest BCUT2D eigenvalue weighted by Gasteiger charge is 2.27. The number of fused-ring (bicyclic) bond motifs is 1. The molecule has 1 aliphatic rings. The van der Waals surface area contributed by atoms with E-state index in [9.17, 15) is 4.79 Å². The lowest BCUT2D eigenvalue weighted by atomic mass is 10.1. The van der Waals surface area contributed by atoms with Gasteiger partial charge in [0.25, 0.3) is 5.91 Å². The molecule has 0 aliphatic carbocycles. The van der Waals surface area contributed by atoms with Crippen molar-refractivity contribution in [3.63, 3.8) is 0 Å². The van der Waals surface area contributed by atoms with Crippen molar-refractivity contribution in [2.24, 2.45) is 0 Å². The largest absolute Gasteiger partial charge is 0.370 e. The predicted molar refractivity (Wildman–Crippen MR) is 98.8 cm³/mol. The summed E-state index contributed by atoms with van der Waals surface area (Å²) in [7, 11) is 0. The normalized spacial score (nSPS) is 13.7. The average molecular weight is 368 g/mol. The van der Waals surface area contributed by atoms with Crippen molar-refractivity contribution in [3.05, 3.63) is 68.9 Å². The number of ether oxygens (including phenoxy) is 1. The number of nitrogens with one attached hydrogen (secondary N) is 1. The van der Waals surface area contributed by atoms with E-state index >= 15 is 0 Å². The first-order valence-electron chi connectivity index (χ1n) is 8.58. The van der Waals surface area contributed by atoms with Crippen LogP contribution < -0.4 is 0 Å². The van der Waals surface area contributed by atoms with Crippen LogP contribution in [-0.2, 0) is 30.9 Å². The van der Waals surface area contributed by atoms with Gasteiger partial charge in [0.2, 0.25) is 0 Å². The Kier molecular flexibility index (Phi) is 4.81. The van der Waals surface area contributed by atoms with Gasteiger partial charge in [0.15, 0.2) is 0 Å². The Bertz CT molecular complexity index is 903. The standard InChI is InChI=1S/C19H20N4O2S/c1-13-18(26-12-20-13)19(24)23-8-7-16-15(9-23)17(22-21-16)11-25-10-14-5-3-2-4-6-14/h2-6,12H,7-11H2,1H3,(H,21,22). The summed E-state index contributed by atoms with van der Waals surface area (Å²) in [6.45, 7) is 4.11. The maximum absolute atomic E-state index is 12.8. The van der Waals surface area contributed by atoms with Crippen LogP contribution in [0, 0.1) is 6.92 Å². The van der Waals surface area contributed by atoms with E-state index in [-0.39, 0.29) is 5.91 Å². The molecular formula is C19H20N4O2S. The summed E-state index contributed by atoms with van der Waals surface area (Å²) < 4.78 is 5.82. The average Bonchev–Trinajstić information content (AvgIpc) is 3.28. The highest BCUT2D eigenvalue weighted by Crippen LogP contribution is 2.24. The molecule has 1 N–H and O–H groups in total. The van der Waals surface area contributed by atoms with Crippen LogP contribution in [0.5, 0.6) is 0 Å². The molecule has 7 heteroatoms. The van der Waals surface area contributed by atoms with Gasteiger partial charge in [-0.15, -0.1) is 11.3 Å². The third-order valence-electron chi connectivity index (χ3n) is 4.60. The van der Waals surface area contributed by atoms with Gasteiger partial charge in [-0.1, -0.05) is 30.3 Å². The second-order valence-electron chi connectivity index (χ2n) is 6.35. The van der Waals surface area contributed by atoms with Crippen molar-refractivity contribution in [3.8, 4) is 0 Å². The quantitative estimate of drug-likeness (QED) is 0.751. The van der Waals surface area contributed by atoms with Crippen LogP contribution in [0.25, 0.3) is 0 Å². The number of H-pyrrole nitrogens is 1. The molecular weight excluding hydrogens is 348 g/mol. The molecule has 0 radical (unpaired) electrons. The Morgan fingerprint density at radius 1 is 1.31 bits per heavy atom. The van der Waals surface area contributed by atoms with E-state index in [1.165, 1.54) is 11.3 Å². The Morgan fingerprint density at radius 2 is 2.15 bits per heavy atom. The molecule has 134 valence electrons. The van der Waals surface area contributed by atoms with Crippen LogP contribution >= 0.6 is 11.3 Å². The van der Waals surface area contributed by atoms with E-state index in [0.717, 1.165) is 39.5 Å². The molecule has 3 aromatic rings. The molecule has 1 aromatic carbocycles. The Labute approximate surface area is 155 Å². The summed E-state index contributed by atoms with van der Waals surface area (Å²) in [6, 6.07) is 10.1. The Morgan fingerprint density at radius 3 is 2.92 bits per heavy atom. The van der Waals surface area contributed by atoms with Crippen molar-refractivity contribution in [2.45, 2.75) is 33.1 Å².